The van der Waals surface area contributed by atoms with Gasteiger partial charge in [0, 0.05) is 6.26 Å². The second-order valence-corrected chi connectivity index (χ2v) is 4.60. The predicted molar refractivity (Wildman–Crippen MR) is 39.3 cm³/mol. The molecular formula is C5H12N2O2S. The Morgan fingerprint density at radius 1 is 1.30 bits per heavy atom. The Morgan fingerprint density at radius 2 is 1.80 bits per heavy atom. The summed E-state index contributed by atoms with van der Waals surface area (Å²) in [6.45, 7) is 1.56. The first-order valence-electron chi connectivity index (χ1n) is 3.26. The highest BCUT2D eigenvalue weighted by Crippen LogP contribution is 1.95. The predicted octanol–water partition coefficient (Wildman–Crippen LogP) is -1.10. The molecule has 4 nitrogen and oxygen atoms in total. The summed E-state index contributed by atoms with van der Waals surface area (Å²) in [6, 6.07) is 0. The van der Waals surface area contributed by atoms with Gasteiger partial charge in [-0.2, -0.15) is 0 Å². The van der Waals surface area contributed by atoms with Crippen LogP contribution in [0, 0.1) is 0 Å². The van der Waals surface area contributed by atoms with E-state index >= 15 is 0 Å². The molecule has 60 valence electrons. The molecule has 1 fully saturated rings. The first-order chi connectivity index (χ1) is 4.61. The highest BCUT2D eigenvalue weighted by molar-refractivity contribution is 7.91. The zero-order valence-electron chi connectivity index (χ0n) is 5.92. The van der Waals surface area contributed by atoms with Crippen molar-refractivity contribution < 1.29 is 8.42 Å². The van der Waals surface area contributed by atoms with Gasteiger partial charge < -0.3 is 0 Å². The van der Waals surface area contributed by atoms with E-state index < -0.39 is 15.3 Å². The van der Waals surface area contributed by atoms with Crippen molar-refractivity contribution in [2.24, 2.45) is 0 Å². The summed E-state index contributed by atoms with van der Waals surface area (Å²) in [5.41, 5.74) is -0.527. The number of hydrogen-bond donors (Lipinski definition) is 2. The van der Waals surface area contributed by atoms with Gasteiger partial charge in [-0.05, 0) is 19.5 Å². The molecule has 0 aliphatic carbocycles. The first-order valence-corrected chi connectivity index (χ1v) is 5.22. The monoisotopic (exact) mass is 164 g/mol. The smallest absolute Gasteiger partial charge is 0.176 e. The fraction of sp³-hybridized carbons (Fsp3) is 1.00. The minimum Gasteiger partial charge on any atom is -0.289 e. The minimum absolute atomic E-state index is 0.527. The van der Waals surface area contributed by atoms with Crippen LogP contribution in [0.5, 0.6) is 0 Å². The van der Waals surface area contributed by atoms with Crippen LogP contribution in [0.3, 0.4) is 0 Å². The molecule has 0 unspecified atom stereocenters. The van der Waals surface area contributed by atoms with E-state index in [9.17, 15) is 8.42 Å². The summed E-state index contributed by atoms with van der Waals surface area (Å²) >= 11 is 0. The highest BCUT2D eigenvalue weighted by atomic mass is 32.2. The fourth-order valence-corrected chi connectivity index (χ4v) is 1.77. The van der Waals surface area contributed by atoms with Crippen molar-refractivity contribution in [1.82, 2.24) is 10.6 Å². The first kappa shape index (κ1) is 7.97. The van der Waals surface area contributed by atoms with E-state index in [2.05, 4.69) is 10.6 Å². The summed E-state index contributed by atoms with van der Waals surface area (Å²) in [5, 5.41) is 5.72. The number of rotatable bonds is 1. The minimum atomic E-state index is -2.95. The molecule has 1 rings (SSSR count). The molecule has 0 aromatic carbocycles. The van der Waals surface area contributed by atoms with E-state index in [0.29, 0.717) is 0 Å². The molecule has 0 saturated carbocycles. The van der Waals surface area contributed by atoms with Crippen LogP contribution in [0.25, 0.3) is 0 Å². The van der Waals surface area contributed by atoms with Crippen molar-refractivity contribution in [2.45, 2.75) is 11.9 Å². The summed E-state index contributed by atoms with van der Waals surface area (Å²) in [6.07, 6.45) is 2.22. The number of sulfone groups is 1. The maximum absolute atomic E-state index is 10.9. The van der Waals surface area contributed by atoms with Gasteiger partial charge in [-0.1, -0.05) is 0 Å². The lowest BCUT2D eigenvalue weighted by molar-refractivity contribution is 0.438. The van der Waals surface area contributed by atoms with Crippen LogP contribution in [0.2, 0.25) is 0 Å². The number of hydrogen-bond acceptors (Lipinski definition) is 4. The molecular weight excluding hydrogens is 152 g/mol. The van der Waals surface area contributed by atoms with Crippen molar-refractivity contribution in [3.8, 4) is 0 Å². The van der Waals surface area contributed by atoms with Gasteiger partial charge in [-0.15, -0.1) is 0 Å². The standard InChI is InChI=1S/C5H12N2O2S/c1-10(8,9)5-6-3-2-4-7-5/h5-7H,2-4H2,1H3. The van der Waals surface area contributed by atoms with Crippen molar-refractivity contribution >= 4 is 9.84 Å². The largest absolute Gasteiger partial charge is 0.289 e. The SMILES string of the molecule is CS(=O)(=O)C1NCCCN1. The van der Waals surface area contributed by atoms with Crippen LogP contribution in [0.15, 0.2) is 0 Å². The van der Waals surface area contributed by atoms with Gasteiger partial charge in [-0.3, -0.25) is 10.6 Å². The molecule has 1 heterocycles. The van der Waals surface area contributed by atoms with Gasteiger partial charge in [-0.25, -0.2) is 8.42 Å². The van der Waals surface area contributed by atoms with E-state index in [1.807, 2.05) is 0 Å². The number of nitrogens with one attached hydrogen (secondary N) is 2. The maximum Gasteiger partial charge on any atom is 0.176 e. The lowest BCUT2D eigenvalue weighted by Crippen LogP contribution is -2.52. The molecule has 10 heavy (non-hydrogen) atoms. The van der Waals surface area contributed by atoms with E-state index in [-0.39, 0.29) is 0 Å². The van der Waals surface area contributed by atoms with Gasteiger partial charge in [0.25, 0.3) is 0 Å². The molecule has 1 aliphatic heterocycles. The van der Waals surface area contributed by atoms with Crippen LogP contribution >= 0.6 is 0 Å². The zero-order valence-corrected chi connectivity index (χ0v) is 6.74. The molecule has 0 bridgehead atoms. The third-order valence-corrected chi connectivity index (χ3v) is 2.63. The van der Waals surface area contributed by atoms with Crippen LogP contribution in [0.4, 0.5) is 0 Å². The summed E-state index contributed by atoms with van der Waals surface area (Å²) in [5.74, 6) is 0. The van der Waals surface area contributed by atoms with E-state index in [4.69, 9.17) is 0 Å². The average molecular weight is 164 g/mol. The molecule has 0 aromatic rings. The van der Waals surface area contributed by atoms with Crippen molar-refractivity contribution in [1.29, 1.82) is 0 Å². The van der Waals surface area contributed by atoms with Gasteiger partial charge in [0.05, 0.1) is 0 Å². The van der Waals surface area contributed by atoms with Crippen molar-refractivity contribution in [3.63, 3.8) is 0 Å². The fourth-order valence-electron chi connectivity index (χ4n) is 0.930. The normalized spacial score (nSPS) is 22.9. The Balaban J connectivity index is 2.56. The molecule has 1 aliphatic rings. The highest BCUT2D eigenvalue weighted by Gasteiger charge is 2.20. The van der Waals surface area contributed by atoms with Gasteiger partial charge in [0.2, 0.25) is 0 Å². The van der Waals surface area contributed by atoms with Gasteiger partial charge >= 0.3 is 0 Å². The Kier molecular flexibility index (Phi) is 2.28. The van der Waals surface area contributed by atoms with Gasteiger partial charge in [0.15, 0.2) is 15.3 Å². The van der Waals surface area contributed by atoms with Crippen LogP contribution in [-0.2, 0) is 9.84 Å². The summed E-state index contributed by atoms with van der Waals surface area (Å²) in [4.78, 5) is 0. The Morgan fingerprint density at radius 3 is 2.10 bits per heavy atom. The van der Waals surface area contributed by atoms with Gasteiger partial charge in [0.1, 0.15) is 0 Å². The lowest BCUT2D eigenvalue weighted by atomic mass is 10.4. The molecule has 0 amide bonds. The maximum atomic E-state index is 10.9. The molecule has 5 heteroatoms. The quantitative estimate of drug-likeness (QED) is 0.516. The molecule has 0 radical (unpaired) electrons. The molecule has 0 atom stereocenters. The van der Waals surface area contributed by atoms with Crippen LogP contribution < -0.4 is 10.6 Å². The van der Waals surface area contributed by atoms with E-state index in [0.717, 1.165) is 19.5 Å². The van der Waals surface area contributed by atoms with E-state index in [1.165, 1.54) is 6.26 Å². The van der Waals surface area contributed by atoms with E-state index in [1.54, 1.807) is 0 Å². The molecule has 1 saturated heterocycles. The average Bonchev–Trinajstić information content (AvgIpc) is 1.88. The molecule has 0 aromatic heterocycles. The van der Waals surface area contributed by atoms with Crippen molar-refractivity contribution in [3.05, 3.63) is 0 Å². The summed E-state index contributed by atoms with van der Waals surface area (Å²) < 4.78 is 21.7. The second-order valence-electron chi connectivity index (χ2n) is 2.47. The zero-order chi connectivity index (χ0) is 7.61. The van der Waals surface area contributed by atoms with Crippen molar-refractivity contribution in [2.75, 3.05) is 19.3 Å². The Labute approximate surface area is 60.9 Å². The summed E-state index contributed by atoms with van der Waals surface area (Å²) in [7, 11) is -2.95. The molecule has 0 spiro atoms. The lowest BCUT2D eigenvalue weighted by Gasteiger charge is -2.22. The second kappa shape index (κ2) is 2.86. The molecule has 2 N–H and O–H groups in total. The van der Waals surface area contributed by atoms with Crippen LogP contribution in [-0.4, -0.2) is 33.3 Å². The Bertz CT molecular complexity index is 194. The Hall–Kier alpha value is -0.130. The van der Waals surface area contributed by atoms with Crippen LogP contribution in [0.1, 0.15) is 6.42 Å². The third-order valence-electron chi connectivity index (χ3n) is 1.44. The third kappa shape index (κ3) is 1.93. The topological polar surface area (TPSA) is 58.2 Å².